The molecule has 0 aliphatic rings. The minimum atomic E-state index is -4.74. The van der Waals surface area contributed by atoms with E-state index >= 15 is 0 Å². The molecule has 25 heavy (non-hydrogen) atoms. The van der Waals surface area contributed by atoms with Gasteiger partial charge in [-0.05, 0) is 30.7 Å². The number of benzene rings is 1. The lowest BCUT2D eigenvalue weighted by atomic mass is 10.2. The van der Waals surface area contributed by atoms with Gasteiger partial charge in [0.15, 0.2) is 5.69 Å². The summed E-state index contributed by atoms with van der Waals surface area (Å²) < 4.78 is 45.9. The highest BCUT2D eigenvalue weighted by Crippen LogP contribution is 2.36. The van der Waals surface area contributed by atoms with Crippen LogP contribution in [0.2, 0.25) is 5.02 Å². The zero-order valence-corrected chi connectivity index (χ0v) is 14.1. The number of halogens is 4. The number of carbonyl (C=O) groups excluding carboxylic acids is 1. The van der Waals surface area contributed by atoms with Crippen LogP contribution in [-0.2, 0) is 22.9 Å². The molecular formula is C15H13ClF3N3O3. The van der Waals surface area contributed by atoms with Crippen LogP contribution < -0.4 is 4.74 Å². The predicted molar refractivity (Wildman–Crippen MR) is 83.8 cm³/mol. The van der Waals surface area contributed by atoms with Crippen molar-refractivity contribution in [3.05, 3.63) is 40.0 Å². The number of aryl methyl sites for hydroxylation is 2. The summed E-state index contributed by atoms with van der Waals surface area (Å²) in [7, 11) is 1.29. The van der Waals surface area contributed by atoms with Gasteiger partial charge in [0.05, 0.1) is 11.8 Å². The summed E-state index contributed by atoms with van der Waals surface area (Å²) in [6.45, 7) is 2.79. The predicted octanol–water partition coefficient (Wildman–Crippen LogP) is 4.09. The molecule has 0 saturated heterocycles. The minimum absolute atomic E-state index is 0.218. The third-order valence-corrected chi connectivity index (χ3v) is 3.43. The molecule has 1 aromatic carbocycles. The van der Waals surface area contributed by atoms with E-state index in [1.54, 1.807) is 19.1 Å². The van der Waals surface area contributed by atoms with E-state index in [0.717, 1.165) is 17.8 Å². The molecule has 0 spiro atoms. The lowest BCUT2D eigenvalue weighted by Crippen LogP contribution is -2.09. The third kappa shape index (κ3) is 4.50. The molecule has 6 nitrogen and oxygen atoms in total. The molecule has 1 aromatic heterocycles. The molecule has 0 atom stereocenters. The molecule has 0 fully saturated rings. The lowest BCUT2D eigenvalue weighted by Gasteiger charge is -2.08. The number of alkyl halides is 3. The van der Waals surface area contributed by atoms with Crippen molar-refractivity contribution in [2.45, 2.75) is 20.0 Å². The Hall–Kier alpha value is -2.55. The van der Waals surface area contributed by atoms with Crippen molar-refractivity contribution >= 4 is 23.8 Å². The first-order chi connectivity index (χ1) is 11.6. The van der Waals surface area contributed by atoms with Crippen LogP contribution in [0.15, 0.2) is 23.4 Å². The monoisotopic (exact) mass is 375 g/mol. The first-order valence-electron chi connectivity index (χ1n) is 6.88. The molecule has 0 N–H and O–H groups in total. The van der Waals surface area contributed by atoms with Crippen LogP contribution in [0, 0.1) is 6.92 Å². The van der Waals surface area contributed by atoms with Crippen LogP contribution in [0.3, 0.4) is 0 Å². The van der Waals surface area contributed by atoms with Crippen molar-refractivity contribution < 1.29 is 27.5 Å². The van der Waals surface area contributed by atoms with E-state index in [9.17, 15) is 18.0 Å². The number of ether oxygens (including phenoxy) is 1. The van der Waals surface area contributed by atoms with Crippen molar-refractivity contribution in [3.8, 4) is 11.6 Å². The Morgan fingerprint density at radius 3 is 2.64 bits per heavy atom. The SMILES string of the molecule is CC(=O)O/N=C/c1c(C(F)(F)F)nn(C)c1Oc1ccc(Cl)c(C)c1. The van der Waals surface area contributed by atoms with Gasteiger partial charge in [0.25, 0.3) is 0 Å². The molecule has 134 valence electrons. The maximum absolute atomic E-state index is 13.2. The maximum Gasteiger partial charge on any atom is 0.435 e. The van der Waals surface area contributed by atoms with Crippen molar-refractivity contribution in [2.24, 2.45) is 12.2 Å². The van der Waals surface area contributed by atoms with Gasteiger partial charge in [-0.3, -0.25) is 0 Å². The molecule has 0 amide bonds. The van der Waals surface area contributed by atoms with Crippen LogP contribution in [0.1, 0.15) is 23.7 Å². The van der Waals surface area contributed by atoms with Gasteiger partial charge in [0.2, 0.25) is 5.88 Å². The second-order valence-corrected chi connectivity index (χ2v) is 5.43. The lowest BCUT2D eigenvalue weighted by molar-refractivity contribution is -0.141. The number of aromatic nitrogens is 2. The molecule has 0 aliphatic carbocycles. The Morgan fingerprint density at radius 2 is 2.08 bits per heavy atom. The van der Waals surface area contributed by atoms with E-state index in [0.29, 0.717) is 10.6 Å². The van der Waals surface area contributed by atoms with Gasteiger partial charge in [-0.15, -0.1) is 0 Å². The first-order valence-corrected chi connectivity index (χ1v) is 7.26. The molecular weight excluding hydrogens is 363 g/mol. The zero-order chi connectivity index (χ0) is 18.8. The van der Waals surface area contributed by atoms with Crippen LogP contribution in [0.5, 0.6) is 11.6 Å². The van der Waals surface area contributed by atoms with Crippen LogP contribution >= 0.6 is 11.6 Å². The van der Waals surface area contributed by atoms with Gasteiger partial charge in [-0.1, -0.05) is 16.8 Å². The molecule has 0 radical (unpaired) electrons. The molecule has 10 heteroatoms. The minimum Gasteiger partial charge on any atom is -0.439 e. The quantitative estimate of drug-likeness (QED) is 0.458. The van der Waals surface area contributed by atoms with Crippen molar-refractivity contribution in [3.63, 3.8) is 0 Å². The Kier molecular flexibility index (Phi) is 5.36. The van der Waals surface area contributed by atoms with Crippen LogP contribution in [0.4, 0.5) is 13.2 Å². The van der Waals surface area contributed by atoms with E-state index in [4.69, 9.17) is 16.3 Å². The fourth-order valence-corrected chi connectivity index (χ4v) is 2.03. The summed E-state index contributed by atoms with van der Waals surface area (Å²) in [6, 6.07) is 4.62. The Morgan fingerprint density at radius 1 is 1.40 bits per heavy atom. The second kappa shape index (κ2) is 7.14. The van der Waals surface area contributed by atoms with E-state index < -0.39 is 23.4 Å². The molecule has 0 bridgehead atoms. The molecule has 2 rings (SSSR count). The number of hydrogen-bond donors (Lipinski definition) is 0. The molecule has 0 saturated carbocycles. The van der Waals surface area contributed by atoms with Gasteiger partial charge < -0.3 is 9.57 Å². The first kappa shape index (κ1) is 18.8. The van der Waals surface area contributed by atoms with Gasteiger partial charge in [-0.25, -0.2) is 9.48 Å². The average molecular weight is 376 g/mol. The molecule has 0 aliphatic heterocycles. The topological polar surface area (TPSA) is 65.7 Å². The normalized spacial score (nSPS) is 11.8. The fraction of sp³-hybridized carbons (Fsp3) is 0.267. The van der Waals surface area contributed by atoms with Crippen molar-refractivity contribution in [1.82, 2.24) is 9.78 Å². The number of hydrogen-bond acceptors (Lipinski definition) is 5. The summed E-state index contributed by atoms with van der Waals surface area (Å²) >= 11 is 5.92. The fourth-order valence-electron chi connectivity index (χ4n) is 1.92. The van der Waals surface area contributed by atoms with Crippen LogP contribution in [-0.4, -0.2) is 22.0 Å². The Labute approximate surface area is 145 Å². The molecule has 2 aromatic rings. The summed E-state index contributed by atoms with van der Waals surface area (Å²) in [5, 5.41) is 7.15. The maximum atomic E-state index is 13.2. The van der Waals surface area contributed by atoms with Gasteiger partial charge in [-0.2, -0.15) is 18.3 Å². The highest BCUT2D eigenvalue weighted by molar-refractivity contribution is 6.31. The number of carbonyl (C=O) groups is 1. The summed E-state index contributed by atoms with van der Waals surface area (Å²) in [5.41, 5.74) is -0.997. The summed E-state index contributed by atoms with van der Waals surface area (Å²) in [6.07, 6.45) is -4.01. The number of rotatable bonds is 4. The summed E-state index contributed by atoms with van der Waals surface area (Å²) in [4.78, 5) is 15.1. The smallest absolute Gasteiger partial charge is 0.435 e. The third-order valence-electron chi connectivity index (χ3n) is 3.00. The number of oxime groups is 1. The van der Waals surface area contributed by atoms with Gasteiger partial charge in [0.1, 0.15) is 5.75 Å². The van der Waals surface area contributed by atoms with Crippen LogP contribution in [0.25, 0.3) is 0 Å². The highest BCUT2D eigenvalue weighted by Gasteiger charge is 2.39. The Bertz CT molecular complexity index is 831. The second-order valence-electron chi connectivity index (χ2n) is 5.02. The van der Waals surface area contributed by atoms with E-state index in [1.165, 1.54) is 13.1 Å². The van der Waals surface area contributed by atoms with Gasteiger partial charge >= 0.3 is 12.1 Å². The molecule has 1 heterocycles. The largest absolute Gasteiger partial charge is 0.439 e. The van der Waals surface area contributed by atoms with Crippen molar-refractivity contribution in [1.29, 1.82) is 0 Å². The highest BCUT2D eigenvalue weighted by atomic mass is 35.5. The van der Waals surface area contributed by atoms with E-state index in [-0.39, 0.29) is 11.6 Å². The summed E-state index contributed by atoms with van der Waals surface area (Å²) in [5.74, 6) is -0.727. The molecule has 0 unspecified atom stereocenters. The number of nitrogens with zero attached hydrogens (tertiary/aromatic N) is 3. The standard InChI is InChI=1S/C15H13ClF3N3O3/c1-8-6-10(4-5-12(8)16)24-14-11(7-20-25-9(2)23)13(15(17,18)19)21-22(14)3/h4-7H,1-3H3/b20-7+. The van der Waals surface area contributed by atoms with E-state index in [2.05, 4.69) is 15.1 Å². The average Bonchev–Trinajstić information content (AvgIpc) is 2.80. The van der Waals surface area contributed by atoms with Crippen molar-refractivity contribution in [2.75, 3.05) is 0 Å². The van der Waals surface area contributed by atoms with E-state index in [1.807, 2.05) is 0 Å². The van der Waals surface area contributed by atoms with Gasteiger partial charge in [0, 0.05) is 19.0 Å². The zero-order valence-electron chi connectivity index (χ0n) is 13.4. The Balaban J connectivity index is 2.48.